The van der Waals surface area contributed by atoms with Crippen LogP contribution < -0.4 is 9.79 Å². The second-order valence-electron chi connectivity index (χ2n) is 1.06. The Labute approximate surface area is 60.8 Å². The maximum absolute atomic E-state index is 9.57. The van der Waals surface area contributed by atoms with Crippen molar-refractivity contribution < 1.29 is 14.3 Å². The Kier molecular flexibility index (Phi) is 11.4. The van der Waals surface area contributed by atoms with Crippen LogP contribution in [-0.2, 0) is 4.52 Å². The molecule has 0 N–H and O–H groups in total. The molecular weight excluding hydrogens is 142 g/mol. The number of hydrogen-bond donors (Lipinski definition) is 0. The van der Waals surface area contributed by atoms with Gasteiger partial charge in [-0.05, 0) is 6.42 Å². The smallest absolute Gasteiger partial charge is 0.820 e. The van der Waals surface area contributed by atoms with Crippen molar-refractivity contribution in [1.29, 1.82) is 0 Å². The normalized spacial score (nSPS) is 9.00. The standard InChI is InChI=1S/C3H7O3P.Al/c1-2-3-6-7(4)5;/h2-3H2,1H3;/q-2;+3. The zero-order valence-corrected chi connectivity index (χ0v) is 6.71. The van der Waals surface area contributed by atoms with Crippen LogP contribution in [0.1, 0.15) is 13.3 Å². The van der Waals surface area contributed by atoms with Gasteiger partial charge in [-0.3, -0.25) is 0 Å². The molecule has 0 atom stereocenters. The molecule has 5 heteroatoms. The minimum atomic E-state index is -2.61. The summed E-state index contributed by atoms with van der Waals surface area (Å²) < 4.78 is 4.14. The van der Waals surface area contributed by atoms with E-state index < -0.39 is 8.60 Å². The molecule has 0 rings (SSSR count). The maximum atomic E-state index is 9.57. The van der Waals surface area contributed by atoms with Crippen molar-refractivity contribution >= 4 is 26.0 Å². The fourth-order valence-electron chi connectivity index (χ4n) is 0.166. The van der Waals surface area contributed by atoms with E-state index in [0.717, 1.165) is 6.42 Å². The van der Waals surface area contributed by atoms with Crippen LogP contribution in [0, 0.1) is 0 Å². The first-order valence-corrected chi connectivity index (χ1v) is 3.14. The SMILES string of the molecule is CCCOP([O-])[O-].[Al+3]. The molecule has 0 saturated heterocycles. The van der Waals surface area contributed by atoms with Gasteiger partial charge in [-0.15, -0.1) is 0 Å². The molecule has 0 heterocycles. The van der Waals surface area contributed by atoms with Gasteiger partial charge in [-0.1, -0.05) is 6.92 Å². The topological polar surface area (TPSA) is 55.3 Å². The first-order chi connectivity index (χ1) is 3.27. The van der Waals surface area contributed by atoms with Crippen molar-refractivity contribution in [2.24, 2.45) is 0 Å². The molecule has 0 aliphatic rings. The monoisotopic (exact) mass is 149 g/mol. The van der Waals surface area contributed by atoms with Crippen LogP contribution in [0.5, 0.6) is 0 Å². The predicted molar refractivity (Wildman–Crippen MR) is 28.9 cm³/mol. The molecule has 0 aliphatic heterocycles. The van der Waals surface area contributed by atoms with Crippen LogP contribution in [0.2, 0.25) is 0 Å². The van der Waals surface area contributed by atoms with Crippen molar-refractivity contribution in [3.63, 3.8) is 0 Å². The summed E-state index contributed by atoms with van der Waals surface area (Å²) in [6.07, 6.45) is 0.739. The molecular formula is C3H7AlO3P+. The predicted octanol–water partition coefficient (Wildman–Crippen LogP) is -1.02. The average molecular weight is 149 g/mol. The molecule has 0 aromatic rings. The van der Waals surface area contributed by atoms with E-state index in [1.807, 2.05) is 6.92 Å². The maximum Gasteiger partial charge on any atom is 3.00 e. The molecule has 44 valence electrons. The van der Waals surface area contributed by atoms with Gasteiger partial charge in [0.05, 0.1) is 0 Å². The summed E-state index contributed by atoms with van der Waals surface area (Å²) >= 11 is 0. The van der Waals surface area contributed by atoms with Crippen LogP contribution in [0.3, 0.4) is 0 Å². The molecule has 0 bridgehead atoms. The zero-order valence-electron chi connectivity index (χ0n) is 4.66. The van der Waals surface area contributed by atoms with Gasteiger partial charge in [0.15, 0.2) is 0 Å². The Hall–Kier alpha value is 0.842. The van der Waals surface area contributed by atoms with Crippen LogP contribution in [0.4, 0.5) is 0 Å². The molecule has 0 radical (unpaired) electrons. The fraction of sp³-hybridized carbons (Fsp3) is 1.00. The van der Waals surface area contributed by atoms with E-state index in [9.17, 15) is 9.79 Å². The summed E-state index contributed by atoms with van der Waals surface area (Å²) in [6, 6.07) is 0. The fourth-order valence-corrected chi connectivity index (χ4v) is 0.497. The third kappa shape index (κ3) is 9.96. The van der Waals surface area contributed by atoms with Crippen LogP contribution in [0.15, 0.2) is 0 Å². The van der Waals surface area contributed by atoms with E-state index in [0.29, 0.717) is 6.61 Å². The third-order valence-electron chi connectivity index (χ3n) is 0.401. The Bertz CT molecular complexity index is 43.5. The van der Waals surface area contributed by atoms with Gasteiger partial charge in [0.1, 0.15) is 0 Å². The van der Waals surface area contributed by atoms with Crippen molar-refractivity contribution in [1.82, 2.24) is 0 Å². The largest absolute Gasteiger partial charge is 3.00 e. The molecule has 0 unspecified atom stereocenters. The zero-order chi connectivity index (χ0) is 5.70. The molecule has 0 fully saturated rings. The number of hydrogen-bond acceptors (Lipinski definition) is 3. The molecule has 0 aromatic carbocycles. The summed E-state index contributed by atoms with van der Waals surface area (Å²) in [4.78, 5) is 19.1. The van der Waals surface area contributed by atoms with Crippen molar-refractivity contribution in [3.05, 3.63) is 0 Å². The van der Waals surface area contributed by atoms with Crippen molar-refractivity contribution in [3.8, 4) is 0 Å². The Morgan fingerprint density at radius 2 is 2.00 bits per heavy atom. The van der Waals surface area contributed by atoms with E-state index in [4.69, 9.17) is 0 Å². The van der Waals surface area contributed by atoms with E-state index in [-0.39, 0.29) is 17.4 Å². The van der Waals surface area contributed by atoms with Gasteiger partial charge in [0.2, 0.25) is 0 Å². The summed E-state index contributed by atoms with van der Waals surface area (Å²) in [5.74, 6) is 0. The first-order valence-electron chi connectivity index (χ1n) is 2.04. The van der Waals surface area contributed by atoms with Gasteiger partial charge < -0.3 is 14.3 Å². The molecule has 0 aromatic heterocycles. The van der Waals surface area contributed by atoms with E-state index in [1.165, 1.54) is 0 Å². The van der Waals surface area contributed by atoms with Crippen LogP contribution >= 0.6 is 8.60 Å². The summed E-state index contributed by atoms with van der Waals surface area (Å²) in [6.45, 7) is 2.15. The minimum absolute atomic E-state index is 0. The summed E-state index contributed by atoms with van der Waals surface area (Å²) in [5, 5.41) is 0. The first kappa shape index (κ1) is 11.6. The molecule has 0 saturated carbocycles. The molecule has 8 heavy (non-hydrogen) atoms. The quantitative estimate of drug-likeness (QED) is 0.381. The molecule has 0 aliphatic carbocycles. The average Bonchev–Trinajstić information content (AvgIpc) is 1.61. The van der Waals surface area contributed by atoms with Crippen LogP contribution in [0.25, 0.3) is 0 Å². The summed E-state index contributed by atoms with van der Waals surface area (Å²) in [7, 11) is -2.61. The molecule has 0 spiro atoms. The van der Waals surface area contributed by atoms with E-state index in [1.54, 1.807) is 0 Å². The van der Waals surface area contributed by atoms with Crippen LogP contribution in [-0.4, -0.2) is 24.0 Å². The minimum Gasteiger partial charge on any atom is -0.820 e. The van der Waals surface area contributed by atoms with Gasteiger partial charge in [-0.25, -0.2) is 0 Å². The Morgan fingerprint density at radius 1 is 1.50 bits per heavy atom. The van der Waals surface area contributed by atoms with Gasteiger partial charge >= 0.3 is 17.4 Å². The Balaban J connectivity index is 0. The molecule has 3 nitrogen and oxygen atoms in total. The molecule has 0 amide bonds. The second-order valence-corrected chi connectivity index (χ2v) is 1.76. The second kappa shape index (κ2) is 7.84. The van der Waals surface area contributed by atoms with Gasteiger partial charge in [0, 0.05) is 6.61 Å². The van der Waals surface area contributed by atoms with Gasteiger partial charge in [0.25, 0.3) is 0 Å². The van der Waals surface area contributed by atoms with Gasteiger partial charge in [-0.2, -0.15) is 8.60 Å². The van der Waals surface area contributed by atoms with Crippen molar-refractivity contribution in [2.45, 2.75) is 13.3 Å². The Morgan fingerprint density at radius 3 is 2.12 bits per heavy atom. The number of rotatable bonds is 3. The van der Waals surface area contributed by atoms with E-state index >= 15 is 0 Å². The van der Waals surface area contributed by atoms with Crippen molar-refractivity contribution in [2.75, 3.05) is 6.61 Å². The summed E-state index contributed by atoms with van der Waals surface area (Å²) in [5.41, 5.74) is 0. The third-order valence-corrected chi connectivity index (χ3v) is 0.794. The van der Waals surface area contributed by atoms with E-state index in [2.05, 4.69) is 4.52 Å².